The second-order valence-electron chi connectivity index (χ2n) is 3.96. The summed E-state index contributed by atoms with van der Waals surface area (Å²) < 4.78 is 23.0. The quantitative estimate of drug-likeness (QED) is 0.327. The third-order valence-electron chi connectivity index (χ3n) is 2.86. The molecule has 16 heavy (non-hydrogen) atoms. The molecule has 0 aliphatic carbocycles. The van der Waals surface area contributed by atoms with Crippen LogP contribution < -0.4 is 5.32 Å². The lowest BCUT2D eigenvalue weighted by molar-refractivity contribution is 0.210. The molecule has 0 aromatic heterocycles. The van der Waals surface area contributed by atoms with Crippen molar-refractivity contribution in [2.24, 2.45) is 0 Å². The van der Waals surface area contributed by atoms with E-state index in [1.54, 1.807) is 4.90 Å². The summed E-state index contributed by atoms with van der Waals surface area (Å²) in [5, 5.41) is 2.74. The smallest absolute Gasteiger partial charge is 0.317 e. The molecule has 2 aliphatic rings. The molecule has 0 fully saturated rings. The first kappa shape index (κ1) is 11.5. The molecule has 0 unspecified atom stereocenters. The summed E-state index contributed by atoms with van der Waals surface area (Å²) in [4.78, 5) is 13.3. The van der Waals surface area contributed by atoms with E-state index in [0.29, 0.717) is 32.6 Å². The summed E-state index contributed by atoms with van der Waals surface area (Å²) in [6, 6.07) is -0.0741. The lowest BCUT2D eigenvalue weighted by Crippen LogP contribution is -2.41. The molecule has 0 aromatic rings. The zero-order valence-corrected chi connectivity index (χ0v) is 10.00. The molecular weight excluding hydrogens is 229 g/mol. The van der Waals surface area contributed by atoms with Gasteiger partial charge in [0.25, 0.3) is 0 Å². The number of thiol groups is 1. The molecule has 2 heterocycles. The van der Waals surface area contributed by atoms with Crippen molar-refractivity contribution in [3.63, 3.8) is 0 Å². The lowest BCUT2D eigenvalue weighted by Gasteiger charge is -2.20. The van der Waals surface area contributed by atoms with Crippen LogP contribution in [0.4, 0.5) is 4.79 Å². The average molecular weight is 243 g/mol. The number of carbonyl (C=O) groups is 1. The Morgan fingerprint density at radius 2 is 1.81 bits per heavy atom. The number of rotatable bonds is 2. The van der Waals surface area contributed by atoms with Crippen LogP contribution in [0.15, 0.2) is 11.1 Å². The zero-order chi connectivity index (χ0) is 11.7. The van der Waals surface area contributed by atoms with Crippen LogP contribution in [0.1, 0.15) is 0 Å². The van der Waals surface area contributed by atoms with E-state index in [2.05, 4.69) is 5.32 Å². The predicted molar refractivity (Wildman–Crippen MR) is 62.4 cm³/mol. The molecule has 0 bridgehead atoms. The van der Waals surface area contributed by atoms with Crippen molar-refractivity contribution in [2.45, 2.75) is 0 Å². The summed E-state index contributed by atoms with van der Waals surface area (Å²) in [5.41, 5.74) is 2.15. The third-order valence-corrected chi connectivity index (χ3v) is 3.60. The number of hydrogen-bond acceptors (Lipinski definition) is 3. The minimum atomic E-state index is -2.49. The van der Waals surface area contributed by atoms with Gasteiger partial charge in [-0.3, -0.25) is 0 Å². The largest absolute Gasteiger partial charge is 0.346 e. The second-order valence-corrected chi connectivity index (χ2v) is 5.00. The van der Waals surface area contributed by atoms with Gasteiger partial charge < -0.3 is 10.2 Å². The highest BCUT2D eigenvalue weighted by molar-refractivity contribution is 7.69. The SMILES string of the molecule is BCNC(=O)N1CC2=C(C1)CN([SH](=O)=O)C2. The standard InChI is InChI=1S/C8H14BN3O3S/c9-5-10-8(13)11-1-6-3-12(16(14)15)4-7(6)2-11/h16H,1-5,9H2,(H,10,13). The van der Waals surface area contributed by atoms with E-state index in [-0.39, 0.29) is 6.03 Å². The van der Waals surface area contributed by atoms with Crippen LogP contribution in [0.2, 0.25) is 0 Å². The van der Waals surface area contributed by atoms with E-state index < -0.39 is 10.9 Å². The number of nitrogens with zero attached hydrogens (tertiary/aromatic N) is 2. The van der Waals surface area contributed by atoms with Crippen LogP contribution in [-0.4, -0.2) is 64.1 Å². The molecule has 0 saturated carbocycles. The van der Waals surface area contributed by atoms with E-state index in [1.807, 2.05) is 7.85 Å². The van der Waals surface area contributed by atoms with Gasteiger partial charge in [0.05, 0.1) is 0 Å². The Hall–Kier alpha value is -1.02. The van der Waals surface area contributed by atoms with Gasteiger partial charge in [-0.1, -0.05) is 0 Å². The van der Waals surface area contributed by atoms with Crippen LogP contribution >= 0.6 is 0 Å². The molecule has 0 radical (unpaired) electrons. The molecule has 0 atom stereocenters. The van der Waals surface area contributed by atoms with Crippen LogP contribution in [0, 0.1) is 0 Å². The number of hydrogen-bond donors (Lipinski definition) is 2. The van der Waals surface area contributed by atoms with Gasteiger partial charge in [0.15, 0.2) is 0 Å². The highest BCUT2D eigenvalue weighted by atomic mass is 32.2. The Morgan fingerprint density at radius 1 is 1.25 bits per heavy atom. The minimum absolute atomic E-state index is 0.0741. The molecule has 2 amide bonds. The van der Waals surface area contributed by atoms with Crippen LogP contribution in [0.3, 0.4) is 0 Å². The normalized spacial score (nSPS) is 20.7. The Balaban J connectivity index is 1.93. The van der Waals surface area contributed by atoms with Crippen molar-refractivity contribution in [1.29, 1.82) is 0 Å². The maximum Gasteiger partial charge on any atom is 0.317 e. The first-order valence-electron chi connectivity index (χ1n) is 5.23. The molecular formula is C8H14BN3O3S. The van der Waals surface area contributed by atoms with E-state index in [1.165, 1.54) is 4.31 Å². The molecule has 0 saturated heterocycles. The fourth-order valence-electron chi connectivity index (χ4n) is 2.08. The molecule has 0 spiro atoms. The topological polar surface area (TPSA) is 69.7 Å². The Kier molecular flexibility index (Phi) is 3.20. The van der Waals surface area contributed by atoms with Crippen molar-refractivity contribution in [1.82, 2.24) is 14.5 Å². The van der Waals surface area contributed by atoms with Crippen LogP contribution in [-0.2, 0) is 10.9 Å². The molecule has 0 aromatic carbocycles. The van der Waals surface area contributed by atoms with Gasteiger partial charge in [-0.2, -0.15) is 4.31 Å². The van der Waals surface area contributed by atoms with Gasteiger partial charge in [-0.05, 0) is 17.6 Å². The van der Waals surface area contributed by atoms with Crippen molar-refractivity contribution in [2.75, 3.05) is 32.6 Å². The Bertz CT molecular complexity index is 395. The third kappa shape index (κ3) is 2.07. The fraction of sp³-hybridized carbons (Fsp3) is 0.625. The maximum atomic E-state index is 11.5. The highest BCUT2D eigenvalue weighted by Gasteiger charge is 2.32. The number of nitrogens with one attached hydrogen (secondary N) is 1. The van der Waals surface area contributed by atoms with E-state index in [0.717, 1.165) is 11.1 Å². The van der Waals surface area contributed by atoms with E-state index in [4.69, 9.17) is 0 Å². The average Bonchev–Trinajstić information content (AvgIpc) is 2.73. The Labute approximate surface area is 96.8 Å². The summed E-state index contributed by atoms with van der Waals surface area (Å²) >= 11 is 0. The summed E-state index contributed by atoms with van der Waals surface area (Å²) in [6.45, 7) is 2.01. The molecule has 1 N–H and O–H groups in total. The van der Waals surface area contributed by atoms with Crippen LogP contribution in [0.5, 0.6) is 0 Å². The highest BCUT2D eigenvalue weighted by Crippen LogP contribution is 2.25. The molecule has 8 heteroatoms. The lowest BCUT2D eigenvalue weighted by atomic mass is 10.2. The summed E-state index contributed by atoms with van der Waals surface area (Å²) in [7, 11) is -0.616. The first-order chi connectivity index (χ1) is 7.61. The molecule has 6 nitrogen and oxygen atoms in total. The van der Waals surface area contributed by atoms with Crippen molar-refractivity contribution < 1.29 is 13.2 Å². The molecule has 2 aliphatic heterocycles. The maximum absolute atomic E-state index is 11.5. The Morgan fingerprint density at radius 3 is 2.25 bits per heavy atom. The van der Waals surface area contributed by atoms with Crippen LogP contribution in [0.25, 0.3) is 0 Å². The second kappa shape index (κ2) is 4.46. The monoisotopic (exact) mass is 243 g/mol. The van der Waals surface area contributed by atoms with Gasteiger partial charge in [0.1, 0.15) is 7.85 Å². The predicted octanol–water partition coefficient (Wildman–Crippen LogP) is -2.26. The molecule has 2 rings (SSSR count). The fourth-order valence-corrected chi connectivity index (χ4v) is 2.65. The summed E-state index contributed by atoms with van der Waals surface area (Å²) in [6.07, 6.45) is 0.610. The first-order valence-corrected chi connectivity index (χ1v) is 6.36. The minimum Gasteiger partial charge on any atom is -0.346 e. The summed E-state index contributed by atoms with van der Waals surface area (Å²) in [5.74, 6) is 0. The number of urea groups is 1. The molecule has 88 valence electrons. The van der Waals surface area contributed by atoms with Gasteiger partial charge in [-0.25, -0.2) is 13.2 Å². The number of carbonyl (C=O) groups excluding carboxylic acids is 1. The van der Waals surface area contributed by atoms with Gasteiger partial charge in [0, 0.05) is 26.2 Å². The van der Waals surface area contributed by atoms with E-state index in [9.17, 15) is 13.2 Å². The van der Waals surface area contributed by atoms with Crippen molar-refractivity contribution >= 4 is 24.8 Å². The van der Waals surface area contributed by atoms with Crippen molar-refractivity contribution in [3.05, 3.63) is 11.1 Å². The van der Waals surface area contributed by atoms with E-state index >= 15 is 0 Å². The van der Waals surface area contributed by atoms with Gasteiger partial charge in [-0.15, -0.1) is 0 Å². The van der Waals surface area contributed by atoms with Gasteiger partial charge in [0.2, 0.25) is 10.9 Å². The zero-order valence-electron chi connectivity index (χ0n) is 9.10. The number of amides is 2. The van der Waals surface area contributed by atoms with Gasteiger partial charge >= 0.3 is 6.03 Å². The van der Waals surface area contributed by atoms with Crippen molar-refractivity contribution in [3.8, 4) is 0 Å².